The molecule has 0 aliphatic carbocycles. The smallest absolute Gasteiger partial charge is 0.239 e. The van der Waals surface area contributed by atoms with Gasteiger partial charge < -0.3 is 0 Å². The Hall–Kier alpha value is -0.930. The summed E-state index contributed by atoms with van der Waals surface area (Å²) in [7, 11) is 1.38. The van der Waals surface area contributed by atoms with E-state index in [0.29, 0.717) is 0 Å². The van der Waals surface area contributed by atoms with Crippen LogP contribution >= 0.6 is 0 Å². The van der Waals surface area contributed by atoms with Crippen LogP contribution in [0.15, 0.2) is 0 Å². The highest BCUT2D eigenvalue weighted by molar-refractivity contribution is 5.18. The van der Waals surface area contributed by atoms with Gasteiger partial charge in [0.2, 0.25) is 11.9 Å². The first-order valence-electron chi connectivity index (χ1n) is 3.72. The zero-order valence-corrected chi connectivity index (χ0v) is 7.65. The van der Waals surface area contributed by atoms with Crippen LogP contribution < -0.4 is 0 Å². The molecule has 12 heavy (non-hydrogen) atoms. The van der Waals surface area contributed by atoms with Crippen molar-refractivity contribution in [3.63, 3.8) is 0 Å². The quantitative estimate of drug-likeness (QED) is 0.588. The van der Waals surface area contributed by atoms with Crippen molar-refractivity contribution in [3.05, 3.63) is 17.5 Å². The van der Waals surface area contributed by atoms with Crippen LogP contribution in [-0.4, -0.2) is 9.78 Å². The van der Waals surface area contributed by atoms with Crippen LogP contribution in [0.25, 0.3) is 0 Å². The number of nitrogens with zero attached hydrogens (tertiary/aromatic N) is 2. The topological polar surface area (TPSA) is 17.8 Å². The Bertz CT molecular complexity index is 297. The molecule has 1 rings (SSSR count). The SMILES string of the molecule is Cn1nc(F)c(C(C)(C)C)c1F. The van der Waals surface area contributed by atoms with E-state index >= 15 is 0 Å². The molecule has 0 aliphatic heterocycles. The van der Waals surface area contributed by atoms with Gasteiger partial charge >= 0.3 is 0 Å². The Morgan fingerprint density at radius 1 is 1.25 bits per heavy atom. The Kier molecular flexibility index (Phi) is 1.94. The zero-order chi connectivity index (χ0) is 9.52. The molecule has 0 amide bonds. The molecule has 1 heterocycles. The molecule has 0 radical (unpaired) electrons. The fourth-order valence-corrected chi connectivity index (χ4v) is 1.09. The fourth-order valence-electron chi connectivity index (χ4n) is 1.09. The van der Waals surface area contributed by atoms with Crippen molar-refractivity contribution in [2.75, 3.05) is 0 Å². The van der Waals surface area contributed by atoms with Crippen LogP contribution in [0.4, 0.5) is 8.78 Å². The molecule has 68 valence electrons. The summed E-state index contributed by atoms with van der Waals surface area (Å²) in [6.45, 7) is 5.24. The zero-order valence-electron chi connectivity index (χ0n) is 7.65. The fraction of sp³-hybridized carbons (Fsp3) is 0.625. The van der Waals surface area contributed by atoms with Crippen molar-refractivity contribution in [2.24, 2.45) is 7.05 Å². The molecule has 0 aliphatic rings. The minimum absolute atomic E-state index is 0.0463. The van der Waals surface area contributed by atoms with Gasteiger partial charge in [0.1, 0.15) is 0 Å². The predicted octanol–water partition coefficient (Wildman–Crippen LogP) is 2.00. The number of hydrogen-bond donors (Lipinski definition) is 0. The largest absolute Gasteiger partial charge is 0.240 e. The lowest BCUT2D eigenvalue weighted by atomic mass is 9.89. The number of aromatic nitrogens is 2. The molecule has 0 aromatic carbocycles. The van der Waals surface area contributed by atoms with E-state index in [1.54, 1.807) is 20.8 Å². The summed E-state index contributed by atoms with van der Waals surface area (Å²) in [5, 5.41) is 3.35. The second kappa shape index (κ2) is 2.54. The van der Waals surface area contributed by atoms with E-state index in [4.69, 9.17) is 0 Å². The highest BCUT2D eigenvalue weighted by Crippen LogP contribution is 2.26. The van der Waals surface area contributed by atoms with Gasteiger partial charge in [-0.1, -0.05) is 20.8 Å². The molecule has 0 saturated heterocycles. The van der Waals surface area contributed by atoms with Crippen molar-refractivity contribution < 1.29 is 8.78 Å². The Morgan fingerprint density at radius 3 is 1.92 bits per heavy atom. The summed E-state index contributed by atoms with van der Waals surface area (Å²) in [5.41, 5.74) is -0.493. The van der Waals surface area contributed by atoms with Gasteiger partial charge in [0, 0.05) is 7.05 Å². The summed E-state index contributed by atoms with van der Waals surface area (Å²) in [4.78, 5) is 0. The maximum atomic E-state index is 13.2. The first kappa shape index (κ1) is 9.16. The predicted molar refractivity (Wildman–Crippen MR) is 41.8 cm³/mol. The maximum Gasteiger partial charge on any atom is 0.239 e. The first-order valence-corrected chi connectivity index (χ1v) is 3.72. The van der Waals surface area contributed by atoms with Crippen LogP contribution in [0.1, 0.15) is 26.3 Å². The van der Waals surface area contributed by atoms with E-state index in [1.807, 2.05) is 0 Å². The van der Waals surface area contributed by atoms with E-state index in [9.17, 15) is 8.78 Å². The van der Waals surface area contributed by atoms with Crippen molar-refractivity contribution in [3.8, 4) is 0 Å². The average Bonchev–Trinajstić information content (AvgIpc) is 2.05. The molecular formula is C8H12F2N2. The monoisotopic (exact) mass is 174 g/mol. The lowest BCUT2D eigenvalue weighted by Crippen LogP contribution is -2.14. The summed E-state index contributed by atoms with van der Waals surface area (Å²) < 4.78 is 27.1. The molecule has 0 spiro atoms. The lowest BCUT2D eigenvalue weighted by Gasteiger charge is -2.15. The minimum Gasteiger partial charge on any atom is -0.240 e. The number of rotatable bonds is 0. The van der Waals surface area contributed by atoms with E-state index in [0.717, 1.165) is 4.68 Å². The molecule has 0 N–H and O–H groups in total. The van der Waals surface area contributed by atoms with Crippen LogP contribution in [0.5, 0.6) is 0 Å². The number of aryl methyl sites for hydroxylation is 1. The summed E-state index contributed by atoms with van der Waals surface area (Å²) in [5.74, 6) is -1.32. The van der Waals surface area contributed by atoms with Gasteiger partial charge in [0.15, 0.2) is 0 Å². The Morgan fingerprint density at radius 2 is 1.75 bits per heavy atom. The third-order valence-corrected chi connectivity index (χ3v) is 1.68. The number of hydrogen-bond acceptors (Lipinski definition) is 1. The molecule has 1 aromatic heterocycles. The van der Waals surface area contributed by atoms with Crippen LogP contribution in [0.2, 0.25) is 0 Å². The highest BCUT2D eigenvalue weighted by Gasteiger charge is 2.27. The standard InChI is InChI=1S/C8H12F2N2/c1-8(2,3)5-6(9)11-12(4)7(5)10/h1-4H3. The van der Waals surface area contributed by atoms with Crippen molar-refractivity contribution >= 4 is 0 Å². The third-order valence-electron chi connectivity index (χ3n) is 1.68. The summed E-state index contributed by atoms with van der Waals surface area (Å²) in [6.07, 6.45) is 0. The molecule has 4 heteroatoms. The minimum atomic E-state index is -0.720. The van der Waals surface area contributed by atoms with Gasteiger partial charge in [-0.25, -0.2) is 4.68 Å². The highest BCUT2D eigenvalue weighted by atomic mass is 19.1. The van der Waals surface area contributed by atoms with Crippen molar-refractivity contribution in [1.82, 2.24) is 9.78 Å². The summed E-state index contributed by atoms with van der Waals surface area (Å²) >= 11 is 0. The molecule has 0 unspecified atom stereocenters. The third kappa shape index (κ3) is 1.33. The normalized spacial score (nSPS) is 12.2. The van der Waals surface area contributed by atoms with Gasteiger partial charge in [-0.2, -0.15) is 8.78 Å². The molecule has 0 bridgehead atoms. The van der Waals surface area contributed by atoms with Crippen LogP contribution in [0, 0.1) is 11.9 Å². The second-order valence-corrected chi connectivity index (χ2v) is 3.83. The Labute approximate surface area is 70.2 Å². The number of halogens is 2. The van der Waals surface area contributed by atoms with Gasteiger partial charge in [-0.3, -0.25) is 0 Å². The van der Waals surface area contributed by atoms with Crippen molar-refractivity contribution in [1.29, 1.82) is 0 Å². The van der Waals surface area contributed by atoms with Gasteiger partial charge in [-0.15, -0.1) is 5.10 Å². The molecule has 1 aromatic rings. The molecule has 0 atom stereocenters. The van der Waals surface area contributed by atoms with Crippen molar-refractivity contribution in [2.45, 2.75) is 26.2 Å². The molecule has 0 saturated carbocycles. The summed E-state index contributed by atoms with van der Waals surface area (Å²) in [6, 6.07) is 0. The van der Waals surface area contributed by atoms with Gasteiger partial charge in [-0.05, 0) is 5.41 Å². The Balaban J connectivity index is 3.32. The van der Waals surface area contributed by atoms with E-state index in [1.165, 1.54) is 7.05 Å². The first-order chi connectivity index (χ1) is 5.34. The van der Waals surface area contributed by atoms with E-state index in [2.05, 4.69) is 5.10 Å². The average molecular weight is 174 g/mol. The lowest BCUT2D eigenvalue weighted by molar-refractivity contribution is 0.462. The molecule has 0 fully saturated rings. The van der Waals surface area contributed by atoms with Crippen LogP contribution in [-0.2, 0) is 12.5 Å². The maximum absolute atomic E-state index is 13.2. The van der Waals surface area contributed by atoms with E-state index in [-0.39, 0.29) is 5.56 Å². The van der Waals surface area contributed by atoms with E-state index < -0.39 is 17.3 Å². The van der Waals surface area contributed by atoms with Crippen LogP contribution in [0.3, 0.4) is 0 Å². The molecule has 2 nitrogen and oxygen atoms in total. The van der Waals surface area contributed by atoms with Gasteiger partial charge in [0.25, 0.3) is 0 Å². The van der Waals surface area contributed by atoms with Gasteiger partial charge in [0.05, 0.1) is 5.56 Å². The second-order valence-electron chi connectivity index (χ2n) is 3.83. The molecular weight excluding hydrogens is 162 g/mol.